The number of rotatable bonds is 8. The van der Waals surface area contributed by atoms with Gasteiger partial charge in [0, 0.05) is 16.9 Å². The van der Waals surface area contributed by atoms with E-state index in [0.29, 0.717) is 0 Å². The lowest BCUT2D eigenvalue weighted by Crippen LogP contribution is -2.28. The topological polar surface area (TPSA) is 3.24 Å². The van der Waals surface area contributed by atoms with E-state index in [0.717, 1.165) is 17.1 Å². The van der Waals surface area contributed by atoms with Crippen LogP contribution in [-0.4, -0.2) is 0 Å². The summed E-state index contributed by atoms with van der Waals surface area (Å²) in [5, 5.41) is 2.48. The van der Waals surface area contributed by atoms with Gasteiger partial charge in [-0.15, -0.1) is 0 Å². The van der Waals surface area contributed by atoms with E-state index < -0.39 is 5.41 Å². The largest absolute Gasteiger partial charge is 0.310 e. The van der Waals surface area contributed by atoms with Crippen molar-refractivity contribution in [2.24, 2.45) is 0 Å². The van der Waals surface area contributed by atoms with Gasteiger partial charge in [-0.3, -0.25) is 0 Å². The van der Waals surface area contributed by atoms with E-state index in [2.05, 4.69) is 254 Å². The van der Waals surface area contributed by atoms with E-state index in [-0.39, 0.29) is 0 Å². The highest BCUT2D eigenvalue weighted by molar-refractivity contribution is 6.00. The van der Waals surface area contributed by atoms with Gasteiger partial charge in [0.05, 0.1) is 11.1 Å². The molecule has 0 saturated carbocycles. The lowest BCUT2D eigenvalue weighted by atomic mass is 9.68. The van der Waals surface area contributed by atoms with Crippen LogP contribution in [0.15, 0.2) is 249 Å². The molecule has 1 nitrogen and oxygen atoms in total. The molecule has 0 bridgehead atoms. The molecule has 0 amide bonds. The van der Waals surface area contributed by atoms with Crippen molar-refractivity contribution in [3.8, 4) is 44.5 Å². The van der Waals surface area contributed by atoms with Crippen molar-refractivity contribution < 1.29 is 0 Å². The molecule has 0 atom stereocenters. The Bertz CT molecular complexity index is 3060. The van der Waals surface area contributed by atoms with Gasteiger partial charge in [-0.05, 0) is 108 Å². The van der Waals surface area contributed by atoms with Crippen LogP contribution in [0, 0.1) is 0 Å². The zero-order chi connectivity index (χ0) is 39.9. The Morgan fingerprint density at radius 2 is 0.767 bits per heavy atom. The van der Waals surface area contributed by atoms with Crippen LogP contribution >= 0.6 is 0 Å². The molecule has 10 aromatic carbocycles. The lowest BCUT2D eigenvalue weighted by molar-refractivity contribution is 0.768. The predicted octanol–water partition coefficient (Wildman–Crippen LogP) is 15.7. The van der Waals surface area contributed by atoms with Crippen LogP contribution < -0.4 is 4.90 Å². The molecular weight excluding hydrogens is 723 g/mol. The number of fused-ring (bicyclic) bond motifs is 4. The highest BCUT2D eigenvalue weighted by Gasteiger charge is 2.47. The molecule has 0 N–H and O–H groups in total. The zero-order valence-corrected chi connectivity index (χ0v) is 33.1. The maximum absolute atomic E-state index is 2.45. The molecule has 0 heterocycles. The van der Waals surface area contributed by atoms with Gasteiger partial charge < -0.3 is 4.90 Å². The first-order valence-electron chi connectivity index (χ1n) is 20.8. The minimum atomic E-state index is -0.494. The standard InChI is InChI=1S/C59H41N/c1-5-17-42(18-6-1)44-31-36-50(37-32-44)60(51-38-33-45(34-39-51)52-27-15-21-47-41-46(35-40-53(47)52)43-19-7-2-8-20-43)57-30-16-29-56-58(57)54-26-13-14-28-55(54)59(56,48-22-9-3-10-23-48)49-24-11-4-12-25-49/h1-41H. The fourth-order valence-electron chi connectivity index (χ4n) is 9.66. The van der Waals surface area contributed by atoms with Gasteiger partial charge in [0.1, 0.15) is 0 Å². The highest BCUT2D eigenvalue weighted by atomic mass is 15.1. The van der Waals surface area contributed by atoms with Crippen LogP contribution in [-0.2, 0) is 5.41 Å². The SMILES string of the molecule is c1ccc(-c2ccc(N(c3ccc(-c4cccc5cc(-c6ccccc6)ccc45)cc3)c3cccc4c3-c3ccccc3C4(c3ccccc3)c3ccccc3)cc2)cc1. The predicted molar refractivity (Wildman–Crippen MR) is 252 cm³/mol. The summed E-state index contributed by atoms with van der Waals surface area (Å²) in [5.41, 5.74) is 17.7. The van der Waals surface area contributed by atoms with Gasteiger partial charge in [-0.25, -0.2) is 0 Å². The Morgan fingerprint density at radius 1 is 0.300 bits per heavy atom. The van der Waals surface area contributed by atoms with E-state index in [9.17, 15) is 0 Å². The first-order valence-corrected chi connectivity index (χ1v) is 20.8. The first kappa shape index (κ1) is 35.4. The quantitative estimate of drug-likeness (QED) is 0.149. The van der Waals surface area contributed by atoms with Crippen LogP contribution in [0.2, 0.25) is 0 Å². The summed E-state index contributed by atoms with van der Waals surface area (Å²) < 4.78 is 0. The average Bonchev–Trinajstić information content (AvgIpc) is 3.64. The fraction of sp³-hybridized carbons (Fsp3) is 0.0169. The molecule has 0 aromatic heterocycles. The van der Waals surface area contributed by atoms with E-state index in [1.165, 1.54) is 77.5 Å². The third kappa shape index (κ3) is 5.86. The third-order valence-corrected chi connectivity index (χ3v) is 12.4. The van der Waals surface area contributed by atoms with Crippen LogP contribution in [0.3, 0.4) is 0 Å². The Hall–Kier alpha value is -7.74. The summed E-state index contributed by atoms with van der Waals surface area (Å²) in [7, 11) is 0. The molecule has 282 valence electrons. The second kappa shape index (κ2) is 14.9. The second-order valence-electron chi connectivity index (χ2n) is 15.6. The van der Waals surface area contributed by atoms with Gasteiger partial charge in [0.2, 0.25) is 0 Å². The molecular formula is C59H41N. The number of benzene rings is 10. The molecule has 0 unspecified atom stereocenters. The highest BCUT2D eigenvalue weighted by Crippen LogP contribution is 2.59. The first-order chi connectivity index (χ1) is 29.8. The van der Waals surface area contributed by atoms with Crippen LogP contribution in [0.1, 0.15) is 22.3 Å². The molecule has 0 aliphatic heterocycles. The maximum Gasteiger partial charge on any atom is 0.0714 e. The Labute approximate surface area is 352 Å². The summed E-state index contributed by atoms with van der Waals surface area (Å²) in [5.74, 6) is 0. The smallest absolute Gasteiger partial charge is 0.0714 e. The molecule has 60 heavy (non-hydrogen) atoms. The zero-order valence-electron chi connectivity index (χ0n) is 33.1. The van der Waals surface area contributed by atoms with Crippen LogP contribution in [0.5, 0.6) is 0 Å². The molecule has 1 aliphatic rings. The van der Waals surface area contributed by atoms with E-state index in [4.69, 9.17) is 0 Å². The molecule has 0 saturated heterocycles. The van der Waals surface area contributed by atoms with Gasteiger partial charge in [-0.1, -0.05) is 212 Å². The Kier molecular flexibility index (Phi) is 8.79. The van der Waals surface area contributed by atoms with Gasteiger partial charge in [0.25, 0.3) is 0 Å². The van der Waals surface area contributed by atoms with E-state index in [1.54, 1.807) is 0 Å². The Balaban J connectivity index is 1.09. The number of hydrogen-bond acceptors (Lipinski definition) is 1. The molecule has 0 spiro atoms. The average molecular weight is 764 g/mol. The molecule has 10 aromatic rings. The number of anilines is 3. The van der Waals surface area contributed by atoms with Gasteiger partial charge in [0.15, 0.2) is 0 Å². The van der Waals surface area contributed by atoms with Crippen molar-refractivity contribution in [1.29, 1.82) is 0 Å². The lowest BCUT2D eigenvalue weighted by Gasteiger charge is -2.34. The summed E-state index contributed by atoms with van der Waals surface area (Å²) in [6.45, 7) is 0. The van der Waals surface area contributed by atoms with Crippen molar-refractivity contribution in [1.82, 2.24) is 0 Å². The molecule has 1 heteroatoms. The van der Waals surface area contributed by atoms with Crippen molar-refractivity contribution in [2.45, 2.75) is 5.41 Å². The molecule has 1 aliphatic carbocycles. The van der Waals surface area contributed by atoms with Gasteiger partial charge >= 0.3 is 0 Å². The minimum Gasteiger partial charge on any atom is -0.310 e. The Morgan fingerprint density at radius 3 is 1.40 bits per heavy atom. The molecule has 0 fully saturated rings. The summed E-state index contributed by atoms with van der Waals surface area (Å²) >= 11 is 0. The third-order valence-electron chi connectivity index (χ3n) is 12.4. The van der Waals surface area contributed by atoms with Crippen molar-refractivity contribution in [2.75, 3.05) is 4.90 Å². The normalized spacial score (nSPS) is 12.5. The molecule has 11 rings (SSSR count). The number of nitrogens with zero attached hydrogens (tertiary/aromatic N) is 1. The minimum absolute atomic E-state index is 0.494. The fourth-order valence-corrected chi connectivity index (χ4v) is 9.66. The van der Waals surface area contributed by atoms with E-state index >= 15 is 0 Å². The van der Waals surface area contributed by atoms with Crippen molar-refractivity contribution in [3.63, 3.8) is 0 Å². The van der Waals surface area contributed by atoms with Gasteiger partial charge in [-0.2, -0.15) is 0 Å². The maximum atomic E-state index is 2.45. The molecule has 0 radical (unpaired) electrons. The summed E-state index contributed by atoms with van der Waals surface area (Å²) in [6.07, 6.45) is 0. The van der Waals surface area contributed by atoms with Crippen LogP contribution in [0.4, 0.5) is 17.1 Å². The summed E-state index contributed by atoms with van der Waals surface area (Å²) in [4.78, 5) is 2.45. The van der Waals surface area contributed by atoms with Crippen LogP contribution in [0.25, 0.3) is 55.3 Å². The number of hydrogen-bond donors (Lipinski definition) is 0. The van der Waals surface area contributed by atoms with Crippen molar-refractivity contribution in [3.05, 3.63) is 271 Å². The van der Waals surface area contributed by atoms with Crippen molar-refractivity contribution >= 4 is 27.8 Å². The summed E-state index contributed by atoms with van der Waals surface area (Å²) in [6, 6.07) is 90.9. The van der Waals surface area contributed by atoms with E-state index in [1.807, 2.05) is 0 Å². The second-order valence-corrected chi connectivity index (χ2v) is 15.6. The monoisotopic (exact) mass is 763 g/mol.